The molecule has 7 heteroatoms. The highest BCUT2D eigenvalue weighted by atomic mass is 16.6. The molecule has 0 unspecified atom stereocenters. The van der Waals surface area contributed by atoms with Gasteiger partial charge in [0.15, 0.2) is 5.43 Å². The molecule has 0 radical (unpaired) electrons. The Bertz CT molecular complexity index is 956. The van der Waals surface area contributed by atoms with E-state index in [1.54, 1.807) is 32.9 Å². The van der Waals surface area contributed by atoms with Crippen molar-refractivity contribution in [2.45, 2.75) is 32.8 Å². The van der Waals surface area contributed by atoms with Crippen LogP contribution >= 0.6 is 0 Å². The van der Waals surface area contributed by atoms with Crippen LogP contribution in [0.5, 0.6) is 0 Å². The first-order chi connectivity index (χ1) is 12.2. The number of hydrogen-bond donors (Lipinski definition) is 2. The lowest BCUT2D eigenvalue weighted by Crippen LogP contribution is -2.32. The fraction of sp³-hybridized carbons (Fsp3) is 0.316. The zero-order valence-corrected chi connectivity index (χ0v) is 14.7. The van der Waals surface area contributed by atoms with Gasteiger partial charge in [0.05, 0.1) is 5.39 Å². The van der Waals surface area contributed by atoms with Gasteiger partial charge in [-0.25, -0.2) is 9.59 Å². The van der Waals surface area contributed by atoms with Crippen molar-refractivity contribution in [3.05, 3.63) is 45.8 Å². The number of hydrogen-bond acceptors (Lipinski definition) is 5. The zero-order chi connectivity index (χ0) is 19.3. The Hall–Kier alpha value is -3.27. The van der Waals surface area contributed by atoms with E-state index in [4.69, 9.17) is 14.3 Å². The lowest BCUT2D eigenvalue weighted by atomic mass is 10.1. The molecule has 136 valence electrons. The molecule has 0 aliphatic rings. The summed E-state index contributed by atoms with van der Waals surface area (Å²) in [6, 6.07) is 5.62. The molecule has 0 fully saturated rings. The van der Waals surface area contributed by atoms with Gasteiger partial charge in [-0.3, -0.25) is 4.79 Å². The summed E-state index contributed by atoms with van der Waals surface area (Å²) in [5.41, 5.74) is -0.223. The Balaban J connectivity index is 2.02. The fourth-order valence-electron chi connectivity index (χ4n) is 2.05. The second-order valence-electron chi connectivity index (χ2n) is 6.47. The second-order valence-corrected chi connectivity index (χ2v) is 6.47. The van der Waals surface area contributed by atoms with Gasteiger partial charge < -0.3 is 19.6 Å². The molecule has 0 saturated carbocycles. The number of carboxylic acid groups (broad SMARTS) is 1. The molecule has 2 aromatic rings. The number of rotatable bonds is 3. The van der Waals surface area contributed by atoms with Crippen molar-refractivity contribution in [3.63, 3.8) is 0 Å². The highest BCUT2D eigenvalue weighted by Crippen LogP contribution is 2.14. The predicted octanol–water partition coefficient (Wildman–Crippen LogP) is 2.76. The van der Waals surface area contributed by atoms with Crippen LogP contribution in [-0.4, -0.2) is 29.3 Å². The number of alkyl carbamates (subject to hydrolysis) is 1. The summed E-state index contributed by atoms with van der Waals surface area (Å²) in [6.45, 7) is 5.67. The van der Waals surface area contributed by atoms with Crippen molar-refractivity contribution in [2.24, 2.45) is 0 Å². The second kappa shape index (κ2) is 7.74. The fourth-order valence-corrected chi connectivity index (χ4v) is 2.05. The van der Waals surface area contributed by atoms with Gasteiger partial charge in [-0.15, -0.1) is 0 Å². The third-order valence-electron chi connectivity index (χ3n) is 3.09. The minimum atomic E-state index is -1.30. The highest BCUT2D eigenvalue weighted by molar-refractivity contribution is 5.87. The van der Waals surface area contributed by atoms with Gasteiger partial charge in [-0.05, 0) is 39.0 Å². The molecule has 1 heterocycles. The van der Waals surface area contributed by atoms with Gasteiger partial charge in [-0.1, -0.05) is 11.8 Å². The maximum absolute atomic E-state index is 12.0. The zero-order valence-electron chi connectivity index (χ0n) is 14.7. The molecule has 2 N–H and O–H groups in total. The van der Waals surface area contributed by atoms with Gasteiger partial charge in [0.2, 0.25) is 5.76 Å². The summed E-state index contributed by atoms with van der Waals surface area (Å²) in [6.07, 6.45) is -0.0963. The molecule has 1 aromatic carbocycles. The quantitative estimate of drug-likeness (QED) is 0.646. The van der Waals surface area contributed by atoms with E-state index in [0.717, 1.165) is 6.07 Å². The van der Waals surface area contributed by atoms with Crippen molar-refractivity contribution < 1.29 is 23.8 Å². The average molecular weight is 357 g/mol. The average Bonchev–Trinajstić information content (AvgIpc) is 2.53. The number of amides is 1. The number of aromatic carboxylic acids is 1. The Morgan fingerprint density at radius 1 is 1.27 bits per heavy atom. The standard InChI is InChI=1S/C19H19NO6/c1-19(2,3)26-18(24)20-9-5-4-6-12-7-8-15-13(10-12)14(21)11-16(25-15)17(22)23/h7-8,10-11H,5,9H2,1-3H3,(H,20,24)(H,22,23). The molecule has 1 amide bonds. The SMILES string of the molecule is CC(C)(C)OC(=O)NCCC#Cc1ccc2oc(C(=O)O)cc(=O)c2c1. The predicted molar refractivity (Wildman–Crippen MR) is 95.2 cm³/mol. The Labute approximate surface area is 150 Å². The molecule has 26 heavy (non-hydrogen) atoms. The van der Waals surface area contributed by atoms with E-state index < -0.39 is 28.9 Å². The Morgan fingerprint density at radius 2 is 2.00 bits per heavy atom. The Kier molecular flexibility index (Phi) is 5.68. The lowest BCUT2D eigenvalue weighted by Gasteiger charge is -2.19. The third-order valence-corrected chi connectivity index (χ3v) is 3.09. The number of carbonyl (C=O) groups is 2. The number of ether oxygens (including phenoxy) is 1. The van der Waals surface area contributed by atoms with Crippen LogP contribution in [-0.2, 0) is 4.74 Å². The summed E-state index contributed by atoms with van der Waals surface area (Å²) in [4.78, 5) is 34.4. The van der Waals surface area contributed by atoms with Crippen LogP contribution in [0, 0.1) is 11.8 Å². The first-order valence-electron chi connectivity index (χ1n) is 7.92. The van der Waals surface area contributed by atoms with Crippen molar-refractivity contribution in [3.8, 4) is 11.8 Å². The molecule has 2 rings (SSSR count). The van der Waals surface area contributed by atoms with E-state index in [9.17, 15) is 14.4 Å². The number of fused-ring (bicyclic) bond motifs is 1. The van der Waals surface area contributed by atoms with Crippen molar-refractivity contribution >= 4 is 23.0 Å². The maximum Gasteiger partial charge on any atom is 0.407 e. The molecular weight excluding hydrogens is 338 g/mol. The number of carbonyl (C=O) groups excluding carboxylic acids is 1. The van der Waals surface area contributed by atoms with Crippen LogP contribution in [0.2, 0.25) is 0 Å². The topological polar surface area (TPSA) is 106 Å². The summed E-state index contributed by atoms with van der Waals surface area (Å²) >= 11 is 0. The molecular formula is C19H19NO6. The molecule has 0 bridgehead atoms. The van der Waals surface area contributed by atoms with Gasteiger partial charge in [-0.2, -0.15) is 0 Å². The van der Waals surface area contributed by atoms with E-state index in [-0.39, 0.29) is 11.0 Å². The summed E-state index contributed by atoms with van der Waals surface area (Å²) in [5, 5.41) is 11.8. The van der Waals surface area contributed by atoms with E-state index in [1.165, 1.54) is 6.07 Å². The van der Waals surface area contributed by atoms with E-state index >= 15 is 0 Å². The van der Waals surface area contributed by atoms with E-state index in [1.807, 2.05) is 0 Å². The highest BCUT2D eigenvalue weighted by Gasteiger charge is 2.15. The molecule has 1 aromatic heterocycles. The van der Waals surface area contributed by atoms with Crippen LogP contribution in [0.3, 0.4) is 0 Å². The van der Waals surface area contributed by atoms with Crippen LogP contribution in [0.1, 0.15) is 43.3 Å². The molecule has 0 spiro atoms. The number of benzene rings is 1. The maximum atomic E-state index is 12.0. The van der Waals surface area contributed by atoms with E-state index in [0.29, 0.717) is 18.5 Å². The molecule has 0 aliphatic carbocycles. The molecule has 0 aliphatic heterocycles. The number of nitrogens with one attached hydrogen (secondary N) is 1. The van der Waals surface area contributed by atoms with E-state index in [2.05, 4.69) is 17.2 Å². The van der Waals surface area contributed by atoms with Crippen LogP contribution in [0.4, 0.5) is 4.79 Å². The van der Waals surface area contributed by atoms with Gasteiger partial charge >= 0.3 is 12.1 Å². The molecule has 7 nitrogen and oxygen atoms in total. The summed E-state index contributed by atoms with van der Waals surface area (Å²) in [5.74, 6) is 4.06. The first kappa shape index (κ1) is 19.1. The van der Waals surface area contributed by atoms with Crippen LogP contribution in [0.15, 0.2) is 33.5 Å². The smallest absolute Gasteiger partial charge is 0.407 e. The van der Waals surface area contributed by atoms with Gasteiger partial charge in [0, 0.05) is 24.6 Å². The molecule has 0 saturated heterocycles. The Morgan fingerprint density at radius 3 is 2.65 bits per heavy atom. The van der Waals surface area contributed by atoms with Crippen molar-refractivity contribution in [1.82, 2.24) is 5.32 Å². The monoisotopic (exact) mass is 357 g/mol. The normalized spacial score (nSPS) is 10.7. The molecule has 0 atom stereocenters. The largest absolute Gasteiger partial charge is 0.475 e. The summed E-state index contributed by atoms with van der Waals surface area (Å²) in [7, 11) is 0. The third kappa shape index (κ3) is 5.38. The summed E-state index contributed by atoms with van der Waals surface area (Å²) < 4.78 is 10.3. The van der Waals surface area contributed by atoms with Gasteiger partial charge in [0.25, 0.3) is 0 Å². The lowest BCUT2D eigenvalue weighted by molar-refractivity contribution is 0.0528. The van der Waals surface area contributed by atoms with Crippen LogP contribution < -0.4 is 10.7 Å². The number of carboxylic acids is 1. The minimum Gasteiger partial charge on any atom is -0.475 e. The first-order valence-corrected chi connectivity index (χ1v) is 7.92. The minimum absolute atomic E-state index is 0.187. The van der Waals surface area contributed by atoms with Crippen molar-refractivity contribution in [1.29, 1.82) is 0 Å². The van der Waals surface area contributed by atoms with Crippen LogP contribution in [0.25, 0.3) is 11.0 Å². The van der Waals surface area contributed by atoms with Crippen molar-refractivity contribution in [2.75, 3.05) is 6.54 Å². The van der Waals surface area contributed by atoms with Gasteiger partial charge in [0.1, 0.15) is 11.2 Å².